The predicted molar refractivity (Wildman–Crippen MR) is 124 cm³/mol. The van der Waals surface area contributed by atoms with E-state index in [0.717, 1.165) is 19.6 Å². The number of anilines is 1. The van der Waals surface area contributed by atoms with Gasteiger partial charge in [0.2, 0.25) is 5.91 Å². The maximum atomic E-state index is 12.8. The number of amides is 3. The van der Waals surface area contributed by atoms with Gasteiger partial charge in [0.1, 0.15) is 6.04 Å². The molecule has 1 fully saturated rings. The summed E-state index contributed by atoms with van der Waals surface area (Å²) in [6.07, 6.45) is 0. The van der Waals surface area contributed by atoms with E-state index in [1.807, 2.05) is 23.1 Å². The van der Waals surface area contributed by atoms with Gasteiger partial charge in [-0.05, 0) is 35.4 Å². The molecule has 31 heavy (non-hydrogen) atoms. The molecule has 0 spiro atoms. The standard InChI is InChI=1S/C25H28N4O2/c1-19(26-25(31)27-22-11-3-2-4-12-22)24(30)29-16-14-28(15-17-29)18-21-10-7-9-20-8-5-6-13-23(20)21/h2-13,19H,14-18H2,1H3,(H2,26,27,31)/t19-/m0/s1. The Labute approximate surface area is 182 Å². The van der Waals surface area contributed by atoms with Crippen molar-refractivity contribution in [2.75, 3.05) is 31.5 Å². The zero-order chi connectivity index (χ0) is 21.6. The fourth-order valence-electron chi connectivity index (χ4n) is 4.02. The van der Waals surface area contributed by atoms with Gasteiger partial charge in [0.05, 0.1) is 0 Å². The number of nitrogens with one attached hydrogen (secondary N) is 2. The summed E-state index contributed by atoms with van der Waals surface area (Å²) in [5.74, 6) is -0.0481. The molecule has 3 amide bonds. The van der Waals surface area contributed by atoms with E-state index in [4.69, 9.17) is 0 Å². The number of urea groups is 1. The van der Waals surface area contributed by atoms with E-state index in [0.29, 0.717) is 18.8 Å². The lowest BCUT2D eigenvalue weighted by atomic mass is 10.0. The third kappa shape index (κ3) is 5.22. The highest BCUT2D eigenvalue weighted by Gasteiger charge is 2.26. The monoisotopic (exact) mass is 416 g/mol. The van der Waals surface area contributed by atoms with E-state index in [1.165, 1.54) is 16.3 Å². The molecule has 0 unspecified atom stereocenters. The van der Waals surface area contributed by atoms with Gasteiger partial charge >= 0.3 is 6.03 Å². The van der Waals surface area contributed by atoms with Crippen molar-refractivity contribution in [1.82, 2.24) is 15.1 Å². The van der Waals surface area contributed by atoms with Crippen LogP contribution >= 0.6 is 0 Å². The Bertz CT molecular complexity index is 1040. The van der Waals surface area contributed by atoms with Crippen molar-refractivity contribution in [2.45, 2.75) is 19.5 Å². The van der Waals surface area contributed by atoms with Crippen molar-refractivity contribution in [3.63, 3.8) is 0 Å². The molecular formula is C25H28N4O2. The van der Waals surface area contributed by atoms with E-state index < -0.39 is 6.04 Å². The number of nitrogens with zero attached hydrogens (tertiary/aromatic N) is 2. The van der Waals surface area contributed by atoms with Crippen LogP contribution in [0.1, 0.15) is 12.5 Å². The number of carbonyl (C=O) groups is 2. The Morgan fingerprint density at radius 3 is 2.32 bits per heavy atom. The highest BCUT2D eigenvalue weighted by molar-refractivity contribution is 5.93. The average molecular weight is 417 g/mol. The smallest absolute Gasteiger partial charge is 0.319 e. The van der Waals surface area contributed by atoms with Crippen LogP contribution in [0, 0.1) is 0 Å². The van der Waals surface area contributed by atoms with Crippen molar-refractivity contribution in [3.05, 3.63) is 78.4 Å². The minimum atomic E-state index is -0.576. The van der Waals surface area contributed by atoms with Gasteiger partial charge in [-0.1, -0.05) is 60.7 Å². The number of carbonyl (C=O) groups excluding carboxylic acids is 2. The van der Waals surface area contributed by atoms with Crippen LogP contribution in [0.15, 0.2) is 72.8 Å². The highest BCUT2D eigenvalue weighted by Crippen LogP contribution is 2.20. The number of fused-ring (bicyclic) bond motifs is 1. The molecule has 1 atom stereocenters. The summed E-state index contributed by atoms with van der Waals surface area (Å²) in [6, 6.07) is 23.1. The van der Waals surface area contributed by atoms with Crippen LogP contribution in [0.3, 0.4) is 0 Å². The molecule has 3 aromatic carbocycles. The number of benzene rings is 3. The molecule has 1 heterocycles. The predicted octanol–water partition coefficient (Wildman–Crippen LogP) is 3.69. The minimum absolute atomic E-state index is 0.0481. The molecule has 2 N–H and O–H groups in total. The number of hydrogen-bond acceptors (Lipinski definition) is 3. The molecule has 0 saturated carbocycles. The highest BCUT2D eigenvalue weighted by atomic mass is 16.2. The molecule has 0 bridgehead atoms. The molecule has 0 radical (unpaired) electrons. The summed E-state index contributed by atoms with van der Waals surface area (Å²) in [7, 11) is 0. The molecule has 0 aliphatic carbocycles. The van der Waals surface area contributed by atoms with Crippen LogP contribution in [0.25, 0.3) is 10.8 Å². The van der Waals surface area contributed by atoms with E-state index in [-0.39, 0.29) is 11.9 Å². The van der Waals surface area contributed by atoms with E-state index in [2.05, 4.69) is 58.0 Å². The summed E-state index contributed by atoms with van der Waals surface area (Å²) >= 11 is 0. The topological polar surface area (TPSA) is 64.7 Å². The largest absolute Gasteiger partial charge is 0.338 e. The molecule has 1 aliphatic heterocycles. The van der Waals surface area contributed by atoms with Crippen LogP contribution in [-0.2, 0) is 11.3 Å². The third-order valence-corrected chi connectivity index (χ3v) is 5.71. The summed E-state index contributed by atoms with van der Waals surface area (Å²) in [4.78, 5) is 29.2. The first-order valence-electron chi connectivity index (χ1n) is 10.7. The second-order valence-corrected chi connectivity index (χ2v) is 7.93. The SMILES string of the molecule is C[C@H](NC(=O)Nc1ccccc1)C(=O)N1CCN(Cc2cccc3ccccc23)CC1. The average Bonchev–Trinajstić information content (AvgIpc) is 2.80. The van der Waals surface area contributed by atoms with Crippen molar-refractivity contribution < 1.29 is 9.59 Å². The van der Waals surface area contributed by atoms with Crippen molar-refractivity contribution in [1.29, 1.82) is 0 Å². The molecule has 1 saturated heterocycles. The molecular weight excluding hydrogens is 388 g/mol. The number of rotatable bonds is 5. The zero-order valence-corrected chi connectivity index (χ0v) is 17.8. The Hall–Kier alpha value is -3.38. The lowest BCUT2D eigenvalue weighted by Gasteiger charge is -2.36. The first kappa shape index (κ1) is 20.9. The van der Waals surface area contributed by atoms with Gasteiger partial charge < -0.3 is 15.5 Å². The van der Waals surface area contributed by atoms with Crippen LogP contribution in [0.5, 0.6) is 0 Å². The second kappa shape index (κ2) is 9.62. The van der Waals surface area contributed by atoms with Crippen molar-refractivity contribution in [3.8, 4) is 0 Å². The van der Waals surface area contributed by atoms with Crippen molar-refractivity contribution >= 4 is 28.4 Å². The van der Waals surface area contributed by atoms with E-state index in [1.54, 1.807) is 19.1 Å². The summed E-state index contributed by atoms with van der Waals surface area (Å²) < 4.78 is 0. The molecule has 6 nitrogen and oxygen atoms in total. The van der Waals surface area contributed by atoms with Crippen LogP contribution in [0.2, 0.25) is 0 Å². The Morgan fingerprint density at radius 2 is 1.55 bits per heavy atom. The van der Waals surface area contributed by atoms with Gasteiger partial charge in [-0.3, -0.25) is 9.69 Å². The normalized spacial score (nSPS) is 15.5. The lowest BCUT2D eigenvalue weighted by Crippen LogP contribution is -2.54. The van der Waals surface area contributed by atoms with Gasteiger partial charge in [-0.2, -0.15) is 0 Å². The number of piperazine rings is 1. The molecule has 4 rings (SSSR count). The molecule has 160 valence electrons. The first-order valence-corrected chi connectivity index (χ1v) is 10.7. The lowest BCUT2D eigenvalue weighted by molar-refractivity contribution is -0.134. The fourth-order valence-corrected chi connectivity index (χ4v) is 4.02. The van der Waals surface area contributed by atoms with Crippen LogP contribution < -0.4 is 10.6 Å². The minimum Gasteiger partial charge on any atom is -0.338 e. The van der Waals surface area contributed by atoms with Crippen LogP contribution in [0.4, 0.5) is 10.5 Å². The Morgan fingerprint density at radius 1 is 0.871 bits per heavy atom. The summed E-state index contributed by atoms with van der Waals surface area (Å²) in [5.41, 5.74) is 2.01. The van der Waals surface area contributed by atoms with Gasteiger partial charge in [-0.25, -0.2) is 4.79 Å². The van der Waals surface area contributed by atoms with Gasteiger partial charge in [0, 0.05) is 38.4 Å². The third-order valence-electron chi connectivity index (χ3n) is 5.71. The molecule has 6 heteroatoms. The maximum absolute atomic E-state index is 12.8. The number of para-hydroxylation sites is 1. The van der Waals surface area contributed by atoms with E-state index in [9.17, 15) is 9.59 Å². The second-order valence-electron chi connectivity index (χ2n) is 7.93. The Balaban J connectivity index is 1.28. The van der Waals surface area contributed by atoms with E-state index >= 15 is 0 Å². The summed E-state index contributed by atoms with van der Waals surface area (Å²) in [5, 5.41) is 8.03. The summed E-state index contributed by atoms with van der Waals surface area (Å²) in [6.45, 7) is 5.56. The maximum Gasteiger partial charge on any atom is 0.319 e. The van der Waals surface area contributed by atoms with Gasteiger partial charge in [0.15, 0.2) is 0 Å². The van der Waals surface area contributed by atoms with Gasteiger partial charge in [-0.15, -0.1) is 0 Å². The van der Waals surface area contributed by atoms with Crippen molar-refractivity contribution in [2.24, 2.45) is 0 Å². The molecule has 0 aromatic heterocycles. The van der Waals surface area contributed by atoms with Crippen LogP contribution in [-0.4, -0.2) is 54.0 Å². The number of hydrogen-bond donors (Lipinski definition) is 2. The fraction of sp³-hybridized carbons (Fsp3) is 0.280. The van der Waals surface area contributed by atoms with Gasteiger partial charge in [0.25, 0.3) is 0 Å². The first-order chi connectivity index (χ1) is 15.1. The zero-order valence-electron chi connectivity index (χ0n) is 17.8. The quantitative estimate of drug-likeness (QED) is 0.667. The molecule has 3 aromatic rings. The molecule has 1 aliphatic rings. The Kier molecular flexibility index (Phi) is 6.48.